The molecule has 1 N–H and O–H groups in total. The number of amides is 1. The van der Waals surface area contributed by atoms with E-state index < -0.39 is 28.4 Å². The van der Waals surface area contributed by atoms with E-state index in [1.165, 1.54) is 12.1 Å². The molecular formula is C21H18N2O5S. The van der Waals surface area contributed by atoms with E-state index in [0.717, 1.165) is 9.69 Å². The highest BCUT2D eigenvalue weighted by Crippen LogP contribution is 2.41. The zero-order chi connectivity index (χ0) is 20.6. The van der Waals surface area contributed by atoms with Crippen molar-refractivity contribution in [3.8, 4) is 0 Å². The van der Waals surface area contributed by atoms with Crippen LogP contribution in [0.3, 0.4) is 0 Å². The van der Waals surface area contributed by atoms with Crippen molar-refractivity contribution in [3.05, 3.63) is 66.2 Å². The number of nitrogens with one attached hydrogen (secondary N) is 1. The summed E-state index contributed by atoms with van der Waals surface area (Å²) in [6.07, 6.45) is 0. The third kappa shape index (κ3) is 3.21. The van der Waals surface area contributed by atoms with Gasteiger partial charge in [-0.05, 0) is 36.6 Å². The van der Waals surface area contributed by atoms with Crippen LogP contribution in [0.15, 0.2) is 65.6 Å². The molecule has 1 amide bonds. The maximum Gasteiger partial charge on any atom is 0.340 e. The summed E-state index contributed by atoms with van der Waals surface area (Å²) in [4.78, 5) is 25.0. The van der Waals surface area contributed by atoms with Gasteiger partial charge in [0.15, 0.2) is 0 Å². The molecule has 1 aliphatic rings. The fourth-order valence-electron chi connectivity index (χ4n) is 3.43. The molecule has 0 aromatic heterocycles. The Kier molecular flexibility index (Phi) is 4.71. The normalized spacial score (nSPS) is 14.0. The number of ether oxygens (including phenoxy) is 1. The Balaban J connectivity index is 1.63. The van der Waals surface area contributed by atoms with Crippen molar-refractivity contribution in [1.82, 2.24) is 0 Å². The van der Waals surface area contributed by atoms with Gasteiger partial charge in [-0.25, -0.2) is 13.2 Å². The summed E-state index contributed by atoms with van der Waals surface area (Å²) in [5.74, 6) is -1.12. The molecule has 0 radical (unpaired) electrons. The molecular weight excluding hydrogens is 392 g/mol. The average molecular weight is 410 g/mol. The second-order valence-electron chi connectivity index (χ2n) is 6.46. The van der Waals surface area contributed by atoms with Crippen LogP contribution in [-0.4, -0.2) is 33.4 Å². The van der Waals surface area contributed by atoms with Crippen molar-refractivity contribution < 1.29 is 22.7 Å². The van der Waals surface area contributed by atoms with E-state index in [4.69, 9.17) is 4.74 Å². The van der Waals surface area contributed by atoms with Gasteiger partial charge in [0.1, 0.15) is 6.54 Å². The van der Waals surface area contributed by atoms with Crippen LogP contribution in [0.5, 0.6) is 0 Å². The molecule has 1 heterocycles. The monoisotopic (exact) mass is 410 g/mol. The summed E-state index contributed by atoms with van der Waals surface area (Å²) in [5, 5.41) is 4.02. The first kappa shape index (κ1) is 18.9. The molecule has 29 heavy (non-hydrogen) atoms. The van der Waals surface area contributed by atoms with Crippen LogP contribution >= 0.6 is 0 Å². The van der Waals surface area contributed by atoms with Crippen molar-refractivity contribution in [2.24, 2.45) is 0 Å². The van der Waals surface area contributed by atoms with Crippen molar-refractivity contribution >= 4 is 44.0 Å². The highest BCUT2D eigenvalue weighted by atomic mass is 32.2. The van der Waals surface area contributed by atoms with Gasteiger partial charge < -0.3 is 10.1 Å². The van der Waals surface area contributed by atoms with Crippen LogP contribution in [0.4, 0.5) is 11.4 Å². The van der Waals surface area contributed by atoms with Crippen LogP contribution in [0.1, 0.15) is 17.3 Å². The summed E-state index contributed by atoms with van der Waals surface area (Å²) < 4.78 is 32.1. The molecule has 0 unspecified atom stereocenters. The van der Waals surface area contributed by atoms with E-state index in [2.05, 4.69) is 5.32 Å². The number of sulfonamides is 1. The molecule has 4 rings (SSSR count). The molecule has 7 nitrogen and oxygen atoms in total. The molecule has 0 bridgehead atoms. The number of hydrogen-bond acceptors (Lipinski definition) is 5. The minimum Gasteiger partial charge on any atom is -0.462 e. The summed E-state index contributed by atoms with van der Waals surface area (Å²) in [7, 11) is -3.84. The molecule has 3 aromatic rings. The predicted molar refractivity (Wildman–Crippen MR) is 110 cm³/mol. The largest absolute Gasteiger partial charge is 0.462 e. The second-order valence-corrected chi connectivity index (χ2v) is 8.29. The molecule has 0 saturated carbocycles. The van der Waals surface area contributed by atoms with E-state index in [1.54, 1.807) is 43.3 Å². The molecule has 1 aliphatic heterocycles. The third-order valence-corrected chi connectivity index (χ3v) is 6.47. The number of carbonyl (C=O) groups excluding carboxylic acids is 2. The quantitative estimate of drug-likeness (QED) is 0.652. The first-order chi connectivity index (χ1) is 13.9. The average Bonchev–Trinajstić information content (AvgIpc) is 2.92. The van der Waals surface area contributed by atoms with Crippen LogP contribution in [0, 0.1) is 0 Å². The lowest BCUT2D eigenvalue weighted by Gasteiger charge is -2.19. The van der Waals surface area contributed by atoms with E-state index in [1.807, 2.05) is 12.1 Å². The minimum absolute atomic E-state index is 0.185. The zero-order valence-electron chi connectivity index (χ0n) is 15.6. The fourth-order valence-corrected chi connectivity index (χ4v) is 5.09. The topological polar surface area (TPSA) is 92.8 Å². The second kappa shape index (κ2) is 7.21. The van der Waals surface area contributed by atoms with Gasteiger partial charge in [0, 0.05) is 5.39 Å². The van der Waals surface area contributed by atoms with Gasteiger partial charge in [-0.3, -0.25) is 9.10 Å². The van der Waals surface area contributed by atoms with Gasteiger partial charge in [-0.2, -0.15) is 0 Å². The van der Waals surface area contributed by atoms with Crippen LogP contribution in [0.2, 0.25) is 0 Å². The number of nitrogens with zero attached hydrogens (tertiary/aromatic N) is 1. The minimum atomic E-state index is -3.84. The lowest BCUT2D eigenvalue weighted by Crippen LogP contribution is -2.35. The lowest BCUT2D eigenvalue weighted by molar-refractivity contribution is -0.114. The SMILES string of the molecule is CCOC(=O)c1ccccc1NC(=O)CN1c2cccc3cccc(c23)S1(=O)=O. The number of esters is 1. The Morgan fingerprint density at radius 2 is 1.72 bits per heavy atom. The van der Waals surface area contributed by atoms with E-state index in [0.29, 0.717) is 11.1 Å². The molecule has 0 atom stereocenters. The molecule has 148 valence electrons. The fraction of sp³-hybridized carbons (Fsp3) is 0.143. The molecule has 0 fully saturated rings. The highest BCUT2D eigenvalue weighted by Gasteiger charge is 2.36. The van der Waals surface area contributed by atoms with Gasteiger partial charge in [0.25, 0.3) is 10.0 Å². The van der Waals surface area contributed by atoms with Gasteiger partial charge in [0.2, 0.25) is 5.91 Å². The Hall–Kier alpha value is -3.39. The molecule has 8 heteroatoms. The maximum absolute atomic E-state index is 13.0. The van der Waals surface area contributed by atoms with Crippen molar-refractivity contribution in [2.75, 3.05) is 22.8 Å². The Labute approximate surface area is 167 Å². The highest BCUT2D eigenvalue weighted by molar-refractivity contribution is 7.93. The molecule has 3 aromatic carbocycles. The van der Waals surface area contributed by atoms with Crippen molar-refractivity contribution in [2.45, 2.75) is 11.8 Å². The number of para-hydroxylation sites is 1. The Morgan fingerprint density at radius 3 is 2.48 bits per heavy atom. The summed E-state index contributed by atoms with van der Waals surface area (Å²) in [6, 6.07) is 16.7. The van der Waals surface area contributed by atoms with E-state index >= 15 is 0 Å². The first-order valence-electron chi connectivity index (χ1n) is 9.04. The van der Waals surface area contributed by atoms with E-state index in [9.17, 15) is 18.0 Å². The smallest absolute Gasteiger partial charge is 0.340 e. The standard InChI is InChI=1S/C21H18N2O5S/c1-2-28-21(25)15-9-3-4-10-16(15)22-19(24)13-23-17-11-5-7-14-8-6-12-18(20(14)17)29(23,26)27/h3-12H,2,13H2,1H3,(H,22,24). The first-order valence-corrected chi connectivity index (χ1v) is 10.5. The van der Waals surface area contributed by atoms with Gasteiger partial charge in [0.05, 0.1) is 28.4 Å². The van der Waals surface area contributed by atoms with E-state index in [-0.39, 0.29) is 22.8 Å². The number of carbonyl (C=O) groups is 2. The maximum atomic E-state index is 13.0. The van der Waals surface area contributed by atoms with Gasteiger partial charge in [-0.1, -0.05) is 36.4 Å². The number of benzene rings is 3. The summed E-state index contributed by atoms with van der Waals surface area (Å²) in [6.45, 7) is 1.48. The summed E-state index contributed by atoms with van der Waals surface area (Å²) >= 11 is 0. The van der Waals surface area contributed by atoms with Crippen molar-refractivity contribution in [3.63, 3.8) is 0 Å². The molecule has 0 spiro atoms. The summed E-state index contributed by atoms with van der Waals surface area (Å²) in [5.41, 5.74) is 0.938. The van der Waals surface area contributed by atoms with Gasteiger partial charge >= 0.3 is 5.97 Å². The van der Waals surface area contributed by atoms with Crippen LogP contribution in [-0.2, 0) is 19.6 Å². The van der Waals surface area contributed by atoms with Gasteiger partial charge in [-0.15, -0.1) is 0 Å². The Morgan fingerprint density at radius 1 is 1.00 bits per heavy atom. The van der Waals surface area contributed by atoms with Crippen molar-refractivity contribution in [1.29, 1.82) is 0 Å². The number of hydrogen-bond donors (Lipinski definition) is 1. The third-order valence-electron chi connectivity index (χ3n) is 4.66. The molecule has 0 aliphatic carbocycles. The zero-order valence-corrected chi connectivity index (χ0v) is 16.4. The van der Waals surface area contributed by atoms with Crippen LogP contribution < -0.4 is 9.62 Å². The van der Waals surface area contributed by atoms with Crippen LogP contribution in [0.25, 0.3) is 10.8 Å². The molecule has 0 saturated heterocycles. The Bertz CT molecular complexity index is 1230. The predicted octanol–water partition coefficient (Wildman–Crippen LogP) is 3.16. The lowest BCUT2D eigenvalue weighted by atomic mass is 10.1. The number of rotatable bonds is 5. The number of anilines is 2.